The summed E-state index contributed by atoms with van der Waals surface area (Å²) >= 11 is 0. The monoisotopic (exact) mass is 239 g/mol. The summed E-state index contributed by atoms with van der Waals surface area (Å²) in [6, 6.07) is 15.5. The highest BCUT2D eigenvalue weighted by Gasteiger charge is 2.20. The van der Waals surface area contributed by atoms with Gasteiger partial charge in [-0.3, -0.25) is 9.59 Å². The van der Waals surface area contributed by atoms with Crippen molar-refractivity contribution in [2.45, 2.75) is 0 Å². The first-order chi connectivity index (χ1) is 8.74. The van der Waals surface area contributed by atoms with Crippen LogP contribution in [0.25, 0.3) is 0 Å². The number of Topliss-reactive ketones (excluding diaryl/α,β-unsaturated/α-hetero) is 2. The van der Waals surface area contributed by atoms with Gasteiger partial charge in [-0.1, -0.05) is 42.5 Å². The predicted octanol–water partition coefficient (Wildman–Crippen LogP) is 2.79. The van der Waals surface area contributed by atoms with Crippen molar-refractivity contribution >= 4 is 17.3 Å². The first kappa shape index (κ1) is 12.0. The molecule has 0 radical (unpaired) electrons. The number of rotatable bonds is 4. The summed E-state index contributed by atoms with van der Waals surface area (Å²) in [7, 11) is 1.72. The zero-order valence-electron chi connectivity index (χ0n) is 10.0. The Balaban J connectivity index is 2.35. The standard InChI is InChI=1S/C15H13NO2/c1-16-13-10-6-5-9-12(13)15(18)14(17)11-7-3-2-4-8-11/h2-10,16H,1H3. The fraction of sp³-hybridized carbons (Fsp3) is 0.0667. The number of carbonyl (C=O) groups is 2. The molecule has 0 fully saturated rings. The van der Waals surface area contributed by atoms with E-state index in [1.807, 2.05) is 12.1 Å². The van der Waals surface area contributed by atoms with E-state index in [-0.39, 0.29) is 0 Å². The number of nitrogens with one attached hydrogen (secondary N) is 1. The van der Waals surface area contributed by atoms with E-state index in [1.54, 1.807) is 49.5 Å². The van der Waals surface area contributed by atoms with Crippen LogP contribution in [0.5, 0.6) is 0 Å². The van der Waals surface area contributed by atoms with Gasteiger partial charge in [0.25, 0.3) is 0 Å². The lowest BCUT2D eigenvalue weighted by Crippen LogP contribution is -2.15. The molecule has 0 aliphatic heterocycles. The van der Waals surface area contributed by atoms with Crippen LogP contribution in [-0.2, 0) is 0 Å². The van der Waals surface area contributed by atoms with Crippen LogP contribution in [0.1, 0.15) is 20.7 Å². The van der Waals surface area contributed by atoms with Gasteiger partial charge in [-0.2, -0.15) is 0 Å². The van der Waals surface area contributed by atoms with Crippen molar-refractivity contribution < 1.29 is 9.59 Å². The van der Waals surface area contributed by atoms with E-state index in [9.17, 15) is 9.59 Å². The van der Waals surface area contributed by atoms with Crippen molar-refractivity contribution in [3.8, 4) is 0 Å². The van der Waals surface area contributed by atoms with E-state index in [0.29, 0.717) is 16.8 Å². The number of benzene rings is 2. The summed E-state index contributed by atoms with van der Waals surface area (Å²) in [5.41, 5.74) is 1.47. The molecular weight excluding hydrogens is 226 g/mol. The third-order valence-electron chi connectivity index (χ3n) is 2.68. The normalized spacial score (nSPS) is 9.83. The maximum atomic E-state index is 12.1. The molecule has 2 aromatic rings. The lowest BCUT2D eigenvalue weighted by Gasteiger charge is -2.06. The second-order valence-electron chi connectivity index (χ2n) is 3.82. The number of carbonyl (C=O) groups excluding carboxylic acids is 2. The molecule has 0 saturated heterocycles. The molecule has 2 rings (SSSR count). The Kier molecular flexibility index (Phi) is 3.53. The number of hydrogen-bond donors (Lipinski definition) is 1. The minimum Gasteiger partial charge on any atom is -0.388 e. The maximum absolute atomic E-state index is 12.1. The lowest BCUT2D eigenvalue weighted by atomic mass is 10.0. The molecule has 2 aromatic carbocycles. The number of anilines is 1. The van der Waals surface area contributed by atoms with Gasteiger partial charge < -0.3 is 5.32 Å². The van der Waals surface area contributed by atoms with Crippen LogP contribution in [0.4, 0.5) is 5.69 Å². The van der Waals surface area contributed by atoms with Crippen LogP contribution < -0.4 is 5.32 Å². The molecule has 0 unspecified atom stereocenters. The fourth-order valence-electron chi connectivity index (χ4n) is 1.74. The average Bonchev–Trinajstić information content (AvgIpc) is 2.46. The molecule has 90 valence electrons. The Bertz CT molecular complexity index is 576. The minimum absolute atomic E-state index is 0.397. The van der Waals surface area contributed by atoms with Gasteiger partial charge in [0.05, 0.1) is 0 Å². The maximum Gasteiger partial charge on any atom is 0.235 e. The topological polar surface area (TPSA) is 46.2 Å². The Morgan fingerprint density at radius 1 is 0.833 bits per heavy atom. The second kappa shape index (κ2) is 5.27. The van der Waals surface area contributed by atoms with Crippen molar-refractivity contribution in [1.82, 2.24) is 0 Å². The third-order valence-corrected chi connectivity index (χ3v) is 2.68. The van der Waals surface area contributed by atoms with E-state index < -0.39 is 11.6 Å². The van der Waals surface area contributed by atoms with Crippen LogP contribution >= 0.6 is 0 Å². The molecule has 0 spiro atoms. The Morgan fingerprint density at radius 3 is 2.11 bits per heavy atom. The molecule has 3 heteroatoms. The Labute approximate surface area is 105 Å². The average molecular weight is 239 g/mol. The molecule has 0 saturated carbocycles. The zero-order chi connectivity index (χ0) is 13.0. The fourth-order valence-corrected chi connectivity index (χ4v) is 1.74. The van der Waals surface area contributed by atoms with Crippen molar-refractivity contribution in [2.24, 2.45) is 0 Å². The largest absolute Gasteiger partial charge is 0.388 e. The summed E-state index contributed by atoms with van der Waals surface area (Å²) in [6.07, 6.45) is 0. The van der Waals surface area contributed by atoms with Gasteiger partial charge in [-0.15, -0.1) is 0 Å². The third kappa shape index (κ3) is 2.30. The van der Waals surface area contributed by atoms with Gasteiger partial charge in [0, 0.05) is 23.9 Å². The number of ketones is 2. The summed E-state index contributed by atoms with van der Waals surface area (Å²) < 4.78 is 0. The Hall–Kier alpha value is -2.42. The van der Waals surface area contributed by atoms with Crippen molar-refractivity contribution in [3.05, 3.63) is 65.7 Å². The first-order valence-electron chi connectivity index (χ1n) is 5.65. The first-order valence-corrected chi connectivity index (χ1v) is 5.65. The molecule has 18 heavy (non-hydrogen) atoms. The van der Waals surface area contributed by atoms with E-state index in [2.05, 4.69) is 5.32 Å². The van der Waals surface area contributed by atoms with E-state index >= 15 is 0 Å². The smallest absolute Gasteiger partial charge is 0.235 e. The quantitative estimate of drug-likeness (QED) is 0.659. The molecule has 0 amide bonds. The SMILES string of the molecule is CNc1ccccc1C(=O)C(=O)c1ccccc1. The van der Waals surface area contributed by atoms with Gasteiger partial charge in [0.1, 0.15) is 0 Å². The van der Waals surface area contributed by atoms with Gasteiger partial charge in [-0.25, -0.2) is 0 Å². The highest BCUT2D eigenvalue weighted by atomic mass is 16.2. The minimum atomic E-state index is -0.494. The van der Waals surface area contributed by atoms with Crippen molar-refractivity contribution in [1.29, 1.82) is 0 Å². The number of para-hydroxylation sites is 1. The highest BCUT2D eigenvalue weighted by molar-refractivity contribution is 6.50. The molecule has 0 aliphatic rings. The molecule has 3 nitrogen and oxygen atoms in total. The van der Waals surface area contributed by atoms with Crippen molar-refractivity contribution in [2.75, 3.05) is 12.4 Å². The van der Waals surface area contributed by atoms with Crippen molar-refractivity contribution in [3.63, 3.8) is 0 Å². The number of hydrogen-bond acceptors (Lipinski definition) is 3. The van der Waals surface area contributed by atoms with Gasteiger partial charge in [0.15, 0.2) is 0 Å². The summed E-state index contributed by atoms with van der Waals surface area (Å²) in [6.45, 7) is 0. The molecule has 0 atom stereocenters. The van der Waals surface area contributed by atoms with Crippen LogP contribution in [0, 0.1) is 0 Å². The predicted molar refractivity (Wildman–Crippen MR) is 71.1 cm³/mol. The summed E-state index contributed by atoms with van der Waals surface area (Å²) in [5, 5.41) is 2.91. The Morgan fingerprint density at radius 2 is 1.44 bits per heavy atom. The van der Waals surface area contributed by atoms with Crippen LogP contribution in [0.2, 0.25) is 0 Å². The van der Waals surface area contributed by atoms with Crippen LogP contribution in [0.15, 0.2) is 54.6 Å². The van der Waals surface area contributed by atoms with Crippen LogP contribution in [-0.4, -0.2) is 18.6 Å². The molecule has 0 aliphatic carbocycles. The van der Waals surface area contributed by atoms with E-state index in [0.717, 1.165) is 0 Å². The molecule has 0 aromatic heterocycles. The van der Waals surface area contributed by atoms with Gasteiger partial charge in [-0.05, 0) is 12.1 Å². The summed E-state index contributed by atoms with van der Waals surface area (Å²) in [5.74, 6) is -0.982. The zero-order valence-corrected chi connectivity index (χ0v) is 10.0. The van der Waals surface area contributed by atoms with Crippen LogP contribution in [0.3, 0.4) is 0 Å². The highest BCUT2D eigenvalue weighted by Crippen LogP contribution is 2.17. The van der Waals surface area contributed by atoms with Gasteiger partial charge in [0.2, 0.25) is 11.6 Å². The summed E-state index contributed by atoms with van der Waals surface area (Å²) in [4.78, 5) is 24.2. The molecule has 0 bridgehead atoms. The lowest BCUT2D eigenvalue weighted by molar-refractivity contribution is 0.0817. The molecule has 0 heterocycles. The van der Waals surface area contributed by atoms with E-state index in [4.69, 9.17) is 0 Å². The van der Waals surface area contributed by atoms with E-state index in [1.165, 1.54) is 0 Å². The van der Waals surface area contributed by atoms with Gasteiger partial charge >= 0.3 is 0 Å². The second-order valence-corrected chi connectivity index (χ2v) is 3.82. The molecule has 1 N–H and O–H groups in total. The molecular formula is C15H13NO2.